The molecule has 2 aromatic carbocycles. The molecule has 7 heteroatoms. The van der Waals surface area contributed by atoms with Crippen molar-refractivity contribution < 1.29 is 13.2 Å². The van der Waals surface area contributed by atoms with Crippen LogP contribution in [0.5, 0.6) is 0 Å². The van der Waals surface area contributed by atoms with E-state index in [1.807, 2.05) is 0 Å². The summed E-state index contributed by atoms with van der Waals surface area (Å²) in [6.07, 6.45) is 0.173. The molecule has 0 aliphatic rings. The third kappa shape index (κ3) is 3.77. The summed E-state index contributed by atoms with van der Waals surface area (Å²) in [6.45, 7) is 0. The van der Waals surface area contributed by atoms with Crippen LogP contribution in [0, 0.1) is 17.5 Å². The first-order valence-electron chi connectivity index (χ1n) is 5.97. The van der Waals surface area contributed by atoms with E-state index in [2.05, 4.69) is 21.4 Å². The van der Waals surface area contributed by atoms with Gasteiger partial charge in [-0.05, 0) is 42.3 Å². The lowest BCUT2D eigenvalue weighted by Gasteiger charge is -2.18. The van der Waals surface area contributed by atoms with Gasteiger partial charge in [-0.2, -0.15) is 0 Å². The minimum atomic E-state index is -0.744. The summed E-state index contributed by atoms with van der Waals surface area (Å²) in [7, 11) is 0. The van der Waals surface area contributed by atoms with Crippen LogP contribution in [0.2, 0.25) is 5.02 Å². The van der Waals surface area contributed by atoms with Crippen molar-refractivity contribution in [2.24, 2.45) is 5.84 Å². The Balaban J connectivity index is 2.36. The second kappa shape index (κ2) is 6.79. The Morgan fingerprint density at radius 3 is 2.52 bits per heavy atom. The lowest BCUT2D eigenvalue weighted by molar-refractivity contribution is 0.501. The molecule has 0 saturated heterocycles. The van der Waals surface area contributed by atoms with E-state index in [1.54, 1.807) is 0 Å². The number of hydrogen-bond acceptors (Lipinski definition) is 2. The molecule has 2 nitrogen and oxygen atoms in total. The first-order chi connectivity index (χ1) is 9.92. The normalized spacial score (nSPS) is 12.5. The summed E-state index contributed by atoms with van der Waals surface area (Å²) in [5.41, 5.74) is 3.01. The molecule has 2 rings (SSSR count). The molecule has 21 heavy (non-hydrogen) atoms. The van der Waals surface area contributed by atoms with E-state index in [1.165, 1.54) is 18.2 Å². The molecule has 0 radical (unpaired) electrons. The van der Waals surface area contributed by atoms with Crippen LogP contribution < -0.4 is 11.3 Å². The van der Waals surface area contributed by atoms with Crippen LogP contribution in [0.15, 0.2) is 34.8 Å². The SMILES string of the molecule is NNC(Cc1cc(F)ccc1Br)c1cc(F)c(Cl)cc1F. The molecule has 1 unspecified atom stereocenters. The molecule has 1 atom stereocenters. The first kappa shape index (κ1) is 16.3. The Kier molecular flexibility index (Phi) is 5.27. The molecule has 0 aliphatic carbocycles. The molecule has 0 aromatic heterocycles. The third-order valence-electron chi connectivity index (χ3n) is 3.05. The van der Waals surface area contributed by atoms with Crippen LogP contribution >= 0.6 is 27.5 Å². The van der Waals surface area contributed by atoms with Crippen LogP contribution in [0.1, 0.15) is 17.2 Å². The van der Waals surface area contributed by atoms with Crippen molar-refractivity contribution in [3.05, 3.63) is 68.4 Å². The van der Waals surface area contributed by atoms with E-state index < -0.39 is 23.5 Å². The van der Waals surface area contributed by atoms with Gasteiger partial charge < -0.3 is 0 Å². The topological polar surface area (TPSA) is 38.0 Å². The van der Waals surface area contributed by atoms with Gasteiger partial charge in [-0.25, -0.2) is 13.2 Å². The number of nitrogens with two attached hydrogens (primary N) is 1. The van der Waals surface area contributed by atoms with Gasteiger partial charge in [0, 0.05) is 10.0 Å². The molecule has 2 aromatic rings. The smallest absolute Gasteiger partial charge is 0.142 e. The molecule has 0 aliphatic heterocycles. The largest absolute Gasteiger partial charge is 0.271 e. The van der Waals surface area contributed by atoms with Gasteiger partial charge in [0.25, 0.3) is 0 Å². The number of hydrazine groups is 1. The average molecular weight is 380 g/mol. The zero-order chi connectivity index (χ0) is 15.6. The highest BCUT2D eigenvalue weighted by Gasteiger charge is 2.19. The van der Waals surface area contributed by atoms with Gasteiger partial charge in [-0.3, -0.25) is 11.3 Å². The van der Waals surface area contributed by atoms with Gasteiger partial charge >= 0.3 is 0 Å². The Labute approximate surface area is 133 Å². The van der Waals surface area contributed by atoms with Crippen molar-refractivity contribution >= 4 is 27.5 Å². The van der Waals surface area contributed by atoms with Crippen LogP contribution in [-0.4, -0.2) is 0 Å². The molecule has 112 valence electrons. The second-order valence-corrected chi connectivity index (χ2v) is 5.71. The van der Waals surface area contributed by atoms with Crippen LogP contribution in [-0.2, 0) is 6.42 Å². The van der Waals surface area contributed by atoms with Crippen molar-refractivity contribution in [2.75, 3.05) is 0 Å². The third-order valence-corrected chi connectivity index (χ3v) is 4.11. The van der Waals surface area contributed by atoms with Crippen molar-refractivity contribution in [1.29, 1.82) is 0 Å². The van der Waals surface area contributed by atoms with Crippen molar-refractivity contribution in [2.45, 2.75) is 12.5 Å². The van der Waals surface area contributed by atoms with E-state index in [-0.39, 0.29) is 17.0 Å². The van der Waals surface area contributed by atoms with E-state index in [0.29, 0.717) is 10.0 Å². The van der Waals surface area contributed by atoms with Crippen LogP contribution in [0.4, 0.5) is 13.2 Å². The Morgan fingerprint density at radius 1 is 1.14 bits per heavy atom. The maximum absolute atomic E-state index is 13.9. The lowest BCUT2D eigenvalue weighted by Crippen LogP contribution is -2.30. The van der Waals surface area contributed by atoms with Crippen molar-refractivity contribution in [3.63, 3.8) is 0 Å². The number of benzene rings is 2. The fourth-order valence-corrected chi connectivity index (χ4v) is 2.54. The van der Waals surface area contributed by atoms with E-state index in [0.717, 1.165) is 12.1 Å². The van der Waals surface area contributed by atoms with E-state index in [4.69, 9.17) is 17.4 Å². The molecule has 3 N–H and O–H groups in total. The van der Waals surface area contributed by atoms with Crippen LogP contribution in [0.25, 0.3) is 0 Å². The molecule has 0 amide bonds. The van der Waals surface area contributed by atoms with Gasteiger partial charge in [0.05, 0.1) is 11.1 Å². The predicted octanol–water partition coefficient (Wildman–Crippen LogP) is 4.27. The minimum absolute atomic E-state index is 0.0237. The highest BCUT2D eigenvalue weighted by molar-refractivity contribution is 9.10. The van der Waals surface area contributed by atoms with Crippen molar-refractivity contribution in [3.8, 4) is 0 Å². The molecule has 0 fully saturated rings. The second-order valence-electron chi connectivity index (χ2n) is 4.45. The van der Waals surface area contributed by atoms with E-state index in [9.17, 15) is 13.2 Å². The quantitative estimate of drug-likeness (QED) is 0.473. The van der Waals surface area contributed by atoms with Gasteiger partial charge in [-0.1, -0.05) is 27.5 Å². The average Bonchev–Trinajstić information content (AvgIpc) is 2.44. The molecular formula is C14H11BrClF3N2. The molecule has 0 saturated carbocycles. The maximum Gasteiger partial charge on any atom is 0.142 e. The number of halogens is 5. The molecule has 0 spiro atoms. The summed E-state index contributed by atoms with van der Waals surface area (Å²) in [6, 6.07) is 5.28. The summed E-state index contributed by atoms with van der Waals surface area (Å²) in [4.78, 5) is 0. The van der Waals surface area contributed by atoms with Gasteiger partial charge in [0.15, 0.2) is 0 Å². The summed E-state index contributed by atoms with van der Waals surface area (Å²) in [5, 5.41) is -0.307. The van der Waals surface area contributed by atoms with Crippen LogP contribution in [0.3, 0.4) is 0 Å². The van der Waals surface area contributed by atoms with Gasteiger partial charge in [0.2, 0.25) is 0 Å². The highest BCUT2D eigenvalue weighted by atomic mass is 79.9. The Hall–Kier alpha value is -1.08. The maximum atomic E-state index is 13.9. The van der Waals surface area contributed by atoms with Crippen molar-refractivity contribution in [1.82, 2.24) is 5.43 Å². The number of nitrogens with one attached hydrogen (secondary N) is 1. The zero-order valence-electron chi connectivity index (χ0n) is 10.6. The number of rotatable bonds is 4. The molecule has 0 bridgehead atoms. The molecule has 0 heterocycles. The van der Waals surface area contributed by atoms with Gasteiger partial charge in [0.1, 0.15) is 17.5 Å². The lowest BCUT2D eigenvalue weighted by atomic mass is 9.98. The van der Waals surface area contributed by atoms with E-state index >= 15 is 0 Å². The fraction of sp³-hybridized carbons (Fsp3) is 0.143. The monoisotopic (exact) mass is 378 g/mol. The highest BCUT2D eigenvalue weighted by Crippen LogP contribution is 2.28. The Bertz CT molecular complexity index is 667. The predicted molar refractivity (Wildman–Crippen MR) is 79.2 cm³/mol. The number of hydrogen-bond donors (Lipinski definition) is 2. The van der Waals surface area contributed by atoms with Gasteiger partial charge in [-0.15, -0.1) is 0 Å². The first-order valence-corrected chi connectivity index (χ1v) is 7.14. The fourth-order valence-electron chi connectivity index (χ4n) is 1.98. The molecular weight excluding hydrogens is 369 g/mol. The summed E-state index contributed by atoms with van der Waals surface area (Å²) < 4.78 is 41.3. The zero-order valence-corrected chi connectivity index (χ0v) is 13.0. The summed E-state index contributed by atoms with van der Waals surface area (Å²) in [5.74, 6) is 3.56. The minimum Gasteiger partial charge on any atom is -0.271 e. The Morgan fingerprint density at radius 2 is 1.86 bits per heavy atom. The standard InChI is InChI=1S/C14H11BrClF3N2/c15-10-2-1-8(17)3-7(10)4-14(21-20)9-5-13(19)11(16)6-12(9)18/h1-3,5-6,14,21H,4,20H2. The summed E-state index contributed by atoms with van der Waals surface area (Å²) >= 11 is 8.80.